The predicted octanol–water partition coefficient (Wildman–Crippen LogP) is 3.56. The molecule has 7 nitrogen and oxygen atoms in total. The van der Waals surface area contributed by atoms with E-state index in [9.17, 15) is 9.90 Å². The molecule has 1 atom stereocenters. The van der Waals surface area contributed by atoms with Crippen molar-refractivity contribution in [3.05, 3.63) is 66.2 Å². The Hall–Kier alpha value is -3.48. The summed E-state index contributed by atoms with van der Waals surface area (Å²) in [4.78, 5) is 11.9. The fourth-order valence-corrected chi connectivity index (χ4v) is 2.55. The second-order valence-electron chi connectivity index (χ2n) is 6.00. The fraction of sp³-hybridized carbons (Fsp3) is 0.238. The number of ether oxygens (including phenoxy) is 2. The molecule has 7 heteroatoms. The number of hydrogen-bond donors (Lipinski definition) is 4. The predicted molar refractivity (Wildman–Crippen MR) is 109 cm³/mol. The molecule has 0 amide bonds. The summed E-state index contributed by atoms with van der Waals surface area (Å²) in [6.45, 7) is 6.41. The number of aliphatic carboxylic acids is 1. The van der Waals surface area contributed by atoms with Crippen LogP contribution in [0.4, 0.5) is 5.69 Å². The average Bonchev–Trinajstić information content (AvgIpc) is 2.66. The van der Waals surface area contributed by atoms with Gasteiger partial charge in [-0.05, 0) is 55.3 Å². The second kappa shape index (κ2) is 10.0. The number of nitrogens with two attached hydrogens (primary N) is 1. The first-order chi connectivity index (χ1) is 13.4. The van der Waals surface area contributed by atoms with Crippen LogP contribution in [0.2, 0.25) is 0 Å². The van der Waals surface area contributed by atoms with Gasteiger partial charge < -0.3 is 25.6 Å². The van der Waals surface area contributed by atoms with E-state index >= 15 is 0 Å². The van der Waals surface area contributed by atoms with Gasteiger partial charge in [0.1, 0.15) is 17.3 Å². The highest BCUT2D eigenvalue weighted by atomic mass is 16.5. The van der Waals surface area contributed by atoms with E-state index in [2.05, 4.69) is 11.9 Å². The Balaban J connectivity index is 2.30. The van der Waals surface area contributed by atoms with Crippen molar-refractivity contribution >= 4 is 17.5 Å². The lowest BCUT2D eigenvalue weighted by Gasteiger charge is -2.19. The van der Waals surface area contributed by atoms with E-state index in [1.165, 1.54) is 0 Å². The first-order valence-corrected chi connectivity index (χ1v) is 8.90. The molecule has 0 aliphatic rings. The van der Waals surface area contributed by atoms with Gasteiger partial charge in [-0.2, -0.15) is 0 Å². The van der Waals surface area contributed by atoms with Crippen LogP contribution in [0.25, 0.3) is 0 Å². The monoisotopic (exact) mass is 383 g/mol. The molecule has 0 fully saturated rings. The zero-order chi connectivity index (χ0) is 20.5. The summed E-state index contributed by atoms with van der Waals surface area (Å²) in [7, 11) is 0. The number of nitrogen functional groups attached to an aromatic ring is 1. The molecule has 0 bridgehead atoms. The normalized spacial score (nSPS) is 11.3. The minimum Gasteiger partial charge on any atom is -0.494 e. The van der Waals surface area contributed by atoms with Crippen LogP contribution in [-0.2, 0) is 4.79 Å². The Bertz CT molecular complexity index is 834. The van der Waals surface area contributed by atoms with Gasteiger partial charge in [-0.1, -0.05) is 6.08 Å². The molecule has 2 rings (SSSR count). The summed E-state index contributed by atoms with van der Waals surface area (Å²) in [5.41, 5.74) is 7.11. The van der Waals surface area contributed by atoms with E-state index in [-0.39, 0.29) is 5.84 Å². The number of carboxylic acid groups (broad SMARTS) is 1. The number of anilines is 1. The molecule has 2 aromatic rings. The Morgan fingerprint density at radius 1 is 1.25 bits per heavy atom. The van der Waals surface area contributed by atoms with Crippen molar-refractivity contribution in [3.8, 4) is 11.5 Å². The standard InChI is InChI=1S/C21H25N3O4/c1-3-5-10-28-18-12-15(11-17(13-18)27-4-2)19(21(25)26)24-16-8-6-14(7-9-16)20(22)23/h3,6-9,11-13,19,24H,1,4-5,10H2,2H3,(H3,22,23)(H,25,26). The smallest absolute Gasteiger partial charge is 0.330 e. The molecule has 2 aromatic carbocycles. The lowest BCUT2D eigenvalue weighted by Crippen LogP contribution is -2.21. The Labute approximate surface area is 164 Å². The van der Waals surface area contributed by atoms with Crippen molar-refractivity contribution in [2.75, 3.05) is 18.5 Å². The van der Waals surface area contributed by atoms with Gasteiger partial charge in [0.05, 0.1) is 13.2 Å². The molecule has 0 aromatic heterocycles. The molecule has 0 aliphatic heterocycles. The van der Waals surface area contributed by atoms with Crippen LogP contribution in [0.1, 0.15) is 30.5 Å². The summed E-state index contributed by atoms with van der Waals surface area (Å²) >= 11 is 0. The van der Waals surface area contributed by atoms with Crippen molar-refractivity contribution in [1.29, 1.82) is 5.41 Å². The molecule has 5 N–H and O–H groups in total. The molecular weight excluding hydrogens is 358 g/mol. The zero-order valence-electron chi connectivity index (χ0n) is 15.8. The highest BCUT2D eigenvalue weighted by Gasteiger charge is 2.21. The van der Waals surface area contributed by atoms with Crippen LogP contribution in [0.5, 0.6) is 11.5 Å². The lowest BCUT2D eigenvalue weighted by atomic mass is 10.1. The SMILES string of the molecule is C=CCCOc1cc(OCC)cc(C(Nc2ccc(C(=N)N)cc2)C(=O)O)c1. The van der Waals surface area contributed by atoms with Gasteiger partial charge in [0.2, 0.25) is 0 Å². The number of carbonyl (C=O) groups is 1. The van der Waals surface area contributed by atoms with E-state index in [0.717, 1.165) is 0 Å². The highest BCUT2D eigenvalue weighted by molar-refractivity contribution is 5.95. The van der Waals surface area contributed by atoms with Crippen molar-refractivity contribution in [1.82, 2.24) is 0 Å². The number of benzene rings is 2. The summed E-state index contributed by atoms with van der Waals surface area (Å²) in [5.74, 6) is -0.0234. The maximum atomic E-state index is 11.9. The molecule has 0 saturated carbocycles. The van der Waals surface area contributed by atoms with Crippen molar-refractivity contribution < 1.29 is 19.4 Å². The molecule has 148 valence electrons. The first kappa shape index (κ1) is 20.8. The van der Waals surface area contributed by atoms with E-state index in [0.29, 0.717) is 47.9 Å². The maximum Gasteiger partial charge on any atom is 0.330 e. The van der Waals surface area contributed by atoms with Gasteiger partial charge >= 0.3 is 5.97 Å². The summed E-state index contributed by atoms with van der Waals surface area (Å²) in [6.07, 6.45) is 2.43. The molecule has 0 aliphatic carbocycles. The Kier molecular flexibility index (Phi) is 7.45. The van der Waals surface area contributed by atoms with E-state index < -0.39 is 12.0 Å². The van der Waals surface area contributed by atoms with Gasteiger partial charge in [-0.15, -0.1) is 6.58 Å². The third kappa shape index (κ3) is 5.77. The van der Waals surface area contributed by atoms with Gasteiger partial charge in [0, 0.05) is 17.3 Å². The summed E-state index contributed by atoms with van der Waals surface area (Å²) in [5, 5.41) is 20.2. The second-order valence-corrected chi connectivity index (χ2v) is 6.00. The third-order valence-electron chi connectivity index (χ3n) is 3.89. The van der Waals surface area contributed by atoms with Crippen LogP contribution in [0, 0.1) is 5.41 Å². The van der Waals surface area contributed by atoms with Gasteiger partial charge in [0.25, 0.3) is 0 Å². The van der Waals surface area contributed by atoms with Gasteiger partial charge in [-0.3, -0.25) is 5.41 Å². The minimum atomic E-state index is -1.04. The molecule has 0 spiro atoms. The van der Waals surface area contributed by atoms with Crippen LogP contribution in [0.15, 0.2) is 55.1 Å². The number of carboxylic acids is 1. The summed E-state index contributed by atoms with van der Waals surface area (Å²) < 4.78 is 11.2. The number of amidine groups is 1. The van der Waals surface area contributed by atoms with Gasteiger partial charge in [-0.25, -0.2) is 4.79 Å². The van der Waals surface area contributed by atoms with Crippen molar-refractivity contribution in [2.45, 2.75) is 19.4 Å². The molecule has 1 unspecified atom stereocenters. The Morgan fingerprint density at radius 3 is 2.43 bits per heavy atom. The number of rotatable bonds is 11. The zero-order valence-corrected chi connectivity index (χ0v) is 15.8. The van der Waals surface area contributed by atoms with E-state index in [1.54, 1.807) is 48.5 Å². The highest BCUT2D eigenvalue weighted by Crippen LogP contribution is 2.29. The van der Waals surface area contributed by atoms with Crippen molar-refractivity contribution in [2.24, 2.45) is 5.73 Å². The molecular formula is C21H25N3O4. The molecule has 0 heterocycles. The van der Waals surface area contributed by atoms with Crippen LogP contribution in [-0.4, -0.2) is 30.1 Å². The van der Waals surface area contributed by atoms with Crippen LogP contribution >= 0.6 is 0 Å². The molecule has 28 heavy (non-hydrogen) atoms. The quantitative estimate of drug-likeness (QED) is 0.204. The average molecular weight is 383 g/mol. The lowest BCUT2D eigenvalue weighted by molar-refractivity contribution is -0.138. The van der Waals surface area contributed by atoms with Crippen LogP contribution < -0.4 is 20.5 Å². The van der Waals surface area contributed by atoms with E-state index in [1.807, 2.05) is 6.92 Å². The third-order valence-corrected chi connectivity index (χ3v) is 3.89. The fourth-order valence-electron chi connectivity index (χ4n) is 2.55. The molecule has 0 radical (unpaired) electrons. The number of hydrogen-bond acceptors (Lipinski definition) is 5. The van der Waals surface area contributed by atoms with Gasteiger partial charge in [0.15, 0.2) is 6.04 Å². The maximum absolute atomic E-state index is 11.9. The topological polar surface area (TPSA) is 118 Å². The summed E-state index contributed by atoms with van der Waals surface area (Å²) in [6, 6.07) is 10.8. The number of nitrogens with one attached hydrogen (secondary N) is 2. The van der Waals surface area contributed by atoms with E-state index in [4.69, 9.17) is 20.6 Å². The minimum absolute atomic E-state index is 0.0490. The Morgan fingerprint density at radius 2 is 1.89 bits per heavy atom. The molecule has 0 saturated heterocycles. The first-order valence-electron chi connectivity index (χ1n) is 8.90. The van der Waals surface area contributed by atoms with Crippen molar-refractivity contribution in [3.63, 3.8) is 0 Å². The van der Waals surface area contributed by atoms with Crippen LogP contribution in [0.3, 0.4) is 0 Å². The largest absolute Gasteiger partial charge is 0.494 e.